The van der Waals surface area contributed by atoms with E-state index in [1.807, 2.05) is 117 Å². The molecule has 0 spiro atoms. The molecule has 0 aliphatic carbocycles. The van der Waals surface area contributed by atoms with E-state index in [-0.39, 0.29) is 0 Å². The molecule has 3 heterocycles. The molecule has 0 aliphatic rings. The number of anilines is 4. The lowest BCUT2D eigenvalue weighted by atomic mass is 10.3. The number of nitriles is 1. The van der Waals surface area contributed by atoms with Gasteiger partial charge < -0.3 is 27.9 Å². The smallest absolute Gasteiger partial charge is 0.418 e. The second kappa shape index (κ2) is 24.1. The minimum atomic E-state index is -6.00. The summed E-state index contributed by atoms with van der Waals surface area (Å²) in [6.45, 7) is 5.59. The molecule has 10 nitrogen and oxygen atoms in total. The highest BCUT2D eigenvalue weighted by atomic mass is 35.5. The molecule has 0 atom stereocenters. The Bertz CT molecular complexity index is 2310. The number of hydrogen-bond donors (Lipinski definition) is 2. The van der Waals surface area contributed by atoms with Crippen LogP contribution < -0.4 is 15.2 Å². The van der Waals surface area contributed by atoms with E-state index in [4.69, 9.17) is 21.8 Å². The van der Waals surface area contributed by atoms with Crippen LogP contribution in [0.2, 0.25) is 0 Å². The van der Waals surface area contributed by atoms with E-state index in [1.165, 1.54) is 12.6 Å². The van der Waals surface area contributed by atoms with Gasteiger partial charge in [0, 0.05) is 18.3 Å². The van der Waals surface area contributed by atoms with Crippen LogP contribution >= 0.6 is 11.6 Å². The van der Waals surface area contributed by atoms with Crippen molar-refractivity contribution in [3.05, 3.63) is 151 Å². The zero-order valence-corrected chi connectivity index (χ0v) is 33.6. The van der Waals surface area contributed by atoms with Crippen LogP contribution in [-0.2, 0) is 12.8 Å². The molecule has 16 heteroatoms. The first-order chi connectivity index (χ1) is 27.9. The lowest BCUT2D eigenvalue weighted by molar-refractivity contribution is -0.570. The molecule has 7 aromatic rings. The number of nitrogens with zero attached hydrogens (tertiary/aromatic N) is 8. The second-order valence-corrected chi connectivity index (χ2v) is 12.3. The summed E-state index contributed by atoms with van der Waals surface area (Å²) in [6, 6.07) is 42.2. The number of aromatic nitrogens is 6. The normalized spacial score (nSPS) is 10.0. The van der Waals surface area contributed by atoms with Gasteiger partial charge in [-0.05, 0) is 73.0 Å². The third-order valence-electron chi connectivity index (χ3n) is 7.36. The van der Waals surface area contributed by atoms with E-state index < -0.39 is 7.25 Å². The summed E-state index contributed by atoms with van der Waals surface area (Å²) < 4.78 is 44.9. The first kappa shape index (κ1) is 45.7. The van der Waals surface area contributed by atoms with Crippen LogP contribution in [-0.4, -0.2) is 56.1 Å². The minimum Gasteiger partial charge on any atom is -0.418 e. The topological polar surface area (TPSA) is 111 Å². The van der Waals surface area contributed by atoms with Crippen LogP contribution in [0, 0.1) is 11.3 Å². The molecule has 0 amide bonds. The monoisotopic (exact) mass is 811 g/mol. The molecule has 3 aromatic heterocycles. The van der Waals surface area contributed by atoms with Crippen molar-refractivity contribution in [1.82, 2.24) is 24.5 Å². The number of benzene rings is 4. The largest absolute Gasteiger partial charge is 0.673 e. The first-order valence-corrected chi connectivity index (χ1v) is 18.5. The summed E-state index contributed by atoms with van der Waals surface area (Å²) in [5.74, 6) is 1.45. The average molecular weight is 812 g/mol. The summed E-state index contributed by atoms with van der Waals surface area (Å²) >= 11 is 5.14. The Morgan fingerprint density at radius 2 is 1.14 bits per heavy atom. The van der Waals surface area contributed by atoms with Gasteiger partial charge in [-0.25, -0.2) is 24.1 Å². The third kappa shape index (κ3) is 15.8. The SMILES string of the molecule is CC#N.CCc1cnc(Nc2ccccc2)c(Nc2ccccc2)n1.CCc1cnc2c(n1)n(-c1ccccc1)c[n+]2-c1ccccc1.C[N+](C)=CCl.F[B-](F)(F)F. The van der Waals surface area contributed by atoms with E-state index >= 15 is 0 Å². The standard InChI is InChI=1S/C19H17N4.C18H18N4.C3H7ClN.C2H3N.BF4/c1-2-15-13-20-18-19(21-15)23(17-11-7-4-8-12-17)14-22(18)16-9-5-3-6-10-16;1-2-14-13-19-17(21-15-9-5-3-6-10-15)18(20-14)22-16-11-7-4-8-12-16;1-5(2)3-4;1-2-3;2-1(3,4)5/h3-14H,2H2,1H3;3-13H,2H2,1H3,(H,19,21)(H,20,22);3H,1-2H3;1H3;/q+1;;+1;;-1. The van der Waals surface area contributed by atoms with Crippen LogP contribution in [0.1, 0.15) is 32.2 Å². The van der Waals surface area contributed by atoms with Crippen molar-refractivity contribution in [2.24, 2.45) is 0 Å². The predicted molar refractivity (Wildman–Crippen MR) is 226 cm³/mol. The van der Waals surface area contributed by atoms with Gasteiger partial charge in [-0.3, -0.25) is 0 Å². The molecule has 0 saturated heterocycles. The summed E-state index contributed by atoms with van der Waals surface area (Å²) in [5, 5.41) is 14.0. The number of rotatable bonds is 8. The van der Waals surface area contributed by atoms with Crippen LogP contribution in [0.4, 0.5) is 40.3 Å². The highest BCUT2D eigenvalue weighted by molar-refractivity contribution is 6.54. The highest BCUT2D eigenvalue weighted by Gasteiger charge is 2.21. The van der Waals surface area contributed by atoms with E-state index in [1.54, 1.807) is 16.8 Å². The minimum absolute atomic E-state index is 0.715. The average Bonchev–Trinajstić information content (AvgIpc) is 3.62. The van der Waals surface area contributed by atoms with Crippen molar-refractivity contribution in [2.75, 3.05) is 24.7 Å². The summed E-state index contributed by atoms with van der Waals surface area (Å²) in [7, 11) is -2.26. The molecule has 0 fully saturated rings. The Hall–Kier alpha value is -6.66. The van der Waals surface area contributed by atoms with Gasteiger partial charge in [0.05, 0.1) is 23.7 Å². The van der Waals surface area contributed by atoms with Crippen molar-refractivity contribution in [3.63, 3.8) is 0 Å². The maximum Gasteiger partial charge on any atom is 0.673 e. The number of fused-ring (bicyclic) bond motifs is 1. The van der Waals surface area contributed by atoms with Gasteiger partial charge in [0.25, 0.3) is 5.65 Å². The van der Waals surface area contributed by atoms with Crippen molar-refractivity contribution in [1.29, 1.82) is 5.26 Å². The van der Waals surface area contributed by atoms with Gasteiger partial charge in [-0.15, -0.1) is 4.98 Å². The fourth-order valence-electron chi connectivity index (χ4n) is 4.78. The molecule has 300 valence electrons. The van der Waals surface area contributed by atoms with Gasteiger partial charge >= 0.3 is 12.9 Å². The number of imidazole rings is 1. The Morgan fingerprint density at radius 3 is 1.60 bits per heavy atom. The molecule has 0 saturated carbocycles. The fraction of sp³-hybridized carbons (Fsp3) is 0.167. The Balaban J connectivity index is 0.000000240. The van der Waals surface area contributed by atoms with E-state index in [0.717, 1.165) is 64.1 Å². The molecular weight excluding hydrogens is 767 g/mol. The summed E-state index contributed by atoms with van der Waals surface area (Å²) in [5.41, 5.74) is 9.28. The van der Waals surface area contributed by atoms with E-state index in [0.29, 0.717) is 5.82 Å². The lowest BCUT2D eigenvalue weighted by Gasteiger charge is -2.13. The predicted octanol–water partition coefficient (Wildman–Crippen LogP) is 10.1. The van der Waals surface area contributed by atoms with Gasteiger partial charge in [-0.2, -0.15) is 9.83 Å². The Labute approximate surface area is 341 Å². The third-order valence-corrected chi connectivity index (χ3v) is 7.75. The van der Waals surface area contributed by atoms with Gasteiger partial charge in [0.2, 0.25) is 12.0 Å². The zero-order valence-electron chi connectivity index (χ0n) is 32.8. The number of aryl methyl sites for hydroxylation is 2. The van der Waals surface area contributed by atoms with Crippen LogP contribution in [0.25, 0.3) is 22.7 Å². The summed E-state index contributed by atoms with van der Waals surface area (Å²) in [4.78, 5) is 18.6. The summed E-state index contributed by atoms with van der Waals surface area (Å²) in [6.07, 6.45) is 7.43. The highest BCUT2D eigenvalue weighted by Crippen LogP contribution is 2.25. The molecule has 7 rings (SSSR count). The van der Waals surface area contributed by atoms with Crippen molar-refractivity contribution in [2.45, 2.75) is 33.6 Å². The molecule has 0 unspecified atom stereocenters. The number of nitrogens with one attached hydrogen (secondary N) is 2. The molecular formula is C42H45BClF4N10+. The molecule has 0 radical (unpaired) electrons. The fourth-order valence-corrected chi connectivity index (χ4v) is 4.78. The van der Waals surface area contributed by atoms with Crippen LogP contribution in [0.3, 0.4) is 0 Å². The van der Waals surface area contributed by atoms with E-state index in [9.17, 15) is 17.3 Å². The quantitative estimate of drug-likeness (QED) is 0.0680. The molecule has 58 heavy (non-hydrogen) atoms. The van der Waals surface area contributed by atoms with Crippen LogP contribution in [0.15, 0.2) is 140 Å². The van der Waals surface area contributed by atoms with Crippen molar-refractivity contribution < 1.29 is 26.4 Å². The Kier molecular flexibility index (Phi) is 19.0. The zero-order chi connectivity index (χ0) is 42.3. The maximum absolute atomic E-state index is 9.75. The van der Waals surface area contributed by atoms with Crippen LogP contribution in [0.5, 0.6) is 0 Å². The molecule has 0 bridgehead atoms. The Morgan fingerprint density at radius 1 is 0.724 bits per heavy atom. The van der Waals surface area contributed by atoms with Gasteiger partial charge in [0.15, 0.2) is 11.6 Å². The van der Waals surface area contributed by atoms with Crippen molar-refractivity contribution in [3.8, 4) is 17.4 Å². The molecule has 4 aromatic carbocycles. The van der Waals surface area contributed by atoms with E-state index in [2.05, 4.69) is 79.2 Å². The molecule has 2 N–H and O–H groups in total. The van der Waals surface area contributed by atoms with Crippen molar-refractivity contribution >= 4 is 58.8 Å². The number of halogens is 5. The maximum atomic E-state index is 9.75. The van der Waals surface area contributed by atoms with Gasteiger partial charge in [0.1, 0.15) is 31.7 Å². The first-order valence-electron chi connectivity index (χ1n) is 18.1. The number of hydrogen-bond acceptors (Lipinski definition) is 7. The van der Waals surface area contributed by atoms with Gasteiger partial charge in [-0.1, -0.05) is 86.6 Å². The second-order valence-electron chi connectivity index (χ2n) is 12.1. The molecule has 0 aliphatic heterocycles. The lowest BCUT2D eigenvalue weighted by Crippen LogP contribution is -2.29. The number of para-hydroxylation sites is 4.